The first-order valence-electron chi connectivity index (χ1n) is 5.21. The first kappa shape index (κ1) is 11.5. The largest absolute Gasteiger partial charge is 0.375 e. The van der Waals surface area contributed by atoms with Crippen LogP contribution in [0.1, 0.15) is 27.6 Å². The van der Waals surface area contributed by atoms with Gasteiger partial charge in [0.15, 0.2) is 0 Å². The number of amides is 2. The Morgan fingerprint density at radius 2 is 1.76 bits per heavy atom. The number of nitrogens with zero attached hydrogens (tertiary/aromatic N) is 2. The number of hydrogen-bond acceptors (Lipinski definition) is 4. The first-order valence-corrected chi connectivity index (χ1v) is 5.21. The average molecular weight is 232 g/mol. The van der Waals surface area contributed by atoms with Gasteiger partial charge in [0.1, 0.15) is 6.73 Å². The molecule has 0 aliphatic carbocycles. The van der Waals surface area contributed by atoms with Crippen LogP contribution in [0.15, 0.2) is 29.3 Å². The third-order valence-corrected chi connectivity index (χ3v) is 2.61. The summed E-state index contributed by atoms with van der Waals surface area (Å²) in [6.07, 6.45) is 0. The van der Waals surface area contributed by atoms with E-state index in [1.54, 1.807) is 31.2 Å². The number of aliphatic hydroxyl groups is 1. The van der Waals surface area contributed by atoms with Gasteiger partial charge in [0.2, 0.25) is 0 Å². The van der Waals surface area contributed by atoms with Crippen molar-refractivity contribution in [3.05, 3.63) is 35.4 Å². The maximum absolute atomic E-state index is 11.9. The fourth-order valence-corrected chi connectivity index (χ4v) is 1.78. The molecule has 1 aliphatic rings. The lowest BCUT2D eigenvalue weighted by Crippen LogP contribution is -2.34. The summed E-state index contributed by atoms with van der Waals surface area (Å²) >= 11 is 0. The second kappa shape index (κ2) is 4.47. The highest BCUT2D eigenvalue weighted by Gasteiger charge is 2.34. The molecule has 0 radical (unpaired) electrons. The summed E-state index contributed by atoms with van der Waals surface area (Å²) in [5.41, 5.74) is 1.39. The number of benzene rings is 1. The summed E-state index contributed by atoms with van der Waals surface area (Å²) in [6, 6.07) is 6.71. The Morgan fingerprint density at radius 3 is 2.24 bits per heavy atom. The van der Waals surface area contributed by atoms with Crippen LogP contribution in [0.2, 0.25) is 0 Å². The van der Waals surface area contributed by atoms with Crippen LogP contribution >= 0.6 is 0 Å². The minimum atomic E-state index is -0.338. The zero-order chi connectivity index (χ0) is 12.4. The Labute approximate surface area is 98.4 Å². The molecule has 0 aromatic heterocycles. The summed E-state index contributed by atoms with van der Waals surface area (Å²) in [7, 11) is 0. The molecule has 1 N–H and O–H groups in total. The van der Waals surface area contributed by atoms with Gasteiger partial charge in [0.25, 0.3) is 11.8 Å². The highest BCUT2D eigenvalue weighted by molar-refractivity contribution is 6.22. The van der Waals surface area contributed by atoms with Crippen molar-refractivity contribution in [3.8, 4) is 0 Å². The predicted octanol–water partition coefficient (Wildman–Crippen LogP) is 0.693. The molecular formula is C12H12N2O3. The van der Waals surface area contributed by atoms with E-state index in [0.717, 1.165) is 4.90 Å². The van der Waals surface area contributed by atoms with Crippen molar-refractivity contribution in [2.45, 2.75) is 6.92 Å². The molecule has 0 saturated heterocycles. The Bertz CT molecular complexity index is 473. The molecule has 17 heavy (non-hydrogen) atoms. The smallest absolute Gasteiger partial charge is 0.261 e. The number of imide groups is 1. The summed E-state index contributed by atoms with van der Waals surface area (Å²) < 4.78 is 0. The van der Waals surface area contributed by atoms with E-state index >= 15 is 0 Å². The monoisotopic (exact) mass is 232 g/mol. The van der Waals surface area contributed by atoms with Crippen LogP contribution in [0.4, 0.5) is 0 Å². The zero-order valence-corrected chi connectivity index (χ0v) is 9.38. The van der Waals surface area contributed by atoms with Crippen molar-refractivity contribution in [2.24, 2.45) is 4.99 Å². The summed E-state index contributed by atoms with van der Waals surface area (Å²) in [4.78, 5) is 28.8. The van der Waals surface area contributed by atoms with Gasteiger partial charge in [-0.2, -0.15) is 0 Å². The molecule has 1 heterocycles. The molecule has 0 atom stereocenters. The molecule has 1 aromatic carbocycles. The van der Waals surface area contributed by atoms with Gasteiger partial charge in [-0.3, -0.25) is 19.5 Å². The fourth-order valence-electron chi connectivity index (χ4n) is 1.78. The van der Waals surface area contributed by atoms with Crippen molar-refractivity contribution in [3.63, 3.8) is 0 Å². The standard InChI is InChI=1S/C12H12N2O3/c1-8(13-7-15)6-14-11(16)9-4-2-3-5-10(9)12(14)17/h2-5,15H,6-7H2,1H3. The van der Waals surface area contributed by atoms with Crippen molar-refractivity contribution < 1.29 is 14.7 Å². The number of carbonyl (C=O) groups excluding carboxylic acids is 2. The van der Waals surface area contributed by atoms with Crippen LogP contribution in [0.3, 0.4) is 0 Å². The molecule has 0 unspecified atom stereocenters. The second-order valence-electron chi connectivity index (χ2n) is 3.78. The minimum Gasteiger partial charge on any atom is -0.375 e. The first-order chi connectivity index (χ1) is 8.15. The van der Waals surface area contributed by atoms with Crippen LogP contribution < -0.4 is 0 Å². The van der Waals surface area contributed by atoms with Crippen molar-refractivity contribution in [1.29, 1.82) is 0 Å². The van der Waals surface area contributed by atoms with Crippen LogP contribution in [0, 0.1) is 0 Å². The van der Waals surface area contributed by atoms with Gasteiger partial charge in [0, 0.05) is 5.71 Å². The molecule has 1 aromatic rings. The molecule has 2 amide bonds. The summed E-state index contributed by atoms with van der Waals surface area (Å²) in [5, 5.41) is 8.64. The van der Waals surface area contributed by atoms with Crippen LogP contribution in [-0.2, 0) is 0 Å². The zero-order valence-electron chi connectivity index (χ0n) is 9.38. The quantitative estimate of drug-likeness (QED) is 0.615. The van der Waals surface area contributed by atoms with E-state index in [1.807, 2.05) is 0 Å². The van der Waals surface area contributed by atoms with E-state index in [-0.39, 0.29) is 25.1 Å². The lowest BCUT2D eigenvalue weighted by molar-refractivity contribution is 0.0677. The Morgan fingerprint density at radius 1 is 1.24 bits per heavy atom. The van der Waals surface area contributed by atoms with E-state index in [9.17, 15) is 9.59 Å². The van der Waals surface area contributed by atoms with Crippen molar-refractivity contribution in [2.75, 3.05) is 13.3 Å². The maximum atomic E-state index is 11.9. The van der Waals surface area contributed by atoms with E-state index < -0.39 is 0 Å². The van der Waals surface area contributed by atoms with Crippen molar-refractivity contribution in [1.82, 2.24) is 4.90 Å². The van der Waals surface area contributed by atoms with Crippen LogP contribution in [0.5, 0.6) is 0 Å². The molecule has 5 nitrogen and oxygen atoms in total. The third-order valence-electron chi connectivity index (χ3n) is 2.61. The van der Waals surface area contributed by atoms with Gasteiger partial charge in [-0.05, 0) is 19.1 Å². The SMILES string of the molecule is CC(CN1C(=O)c2ccccc2C1=O)=NCO. The molecule has 0 saturated carbocycles. The number of aliphatic imine (C=N–C) groups is 1. The minimum absolute atomic E-state index is 0.118. The van der Waals surface area contributed by atoms with Gasteiger partial charge in [-0.1, -0.05) is 12.1 Å². The average Bonchev–Trinajstić information content (AvgIpc) is 2.56. The number of rotatable bonds is 3. The van der Waals surface area contributed by atoms with Gasteiger partial charge in [-0.25, -0.2) is 0 Å². The number of fused-ring (bicyclic) bond motifs is 1. The molecule has 1 aliphatic heterocycles. The third kappa shape index (κ3) is 1.97. The molecule has 2 rings (SSSR count). The highest BCUT2D eigenvalue weighted by Crippen LogP contribution is 2.21. The predicted molar refractivity (Wildman–Crippen MR) is 62.0 cm³/mol. The second-order valence-corrected chi connectivity index (χ2v) is 3.78. The molecule has 88 valence electrons. The molecule has 5 heteroatoms. The van der Waals surface area contributed by atoms with Crippen molar-refractivity contribution >= 4 is 17.5 Å². The lowest BCUT2D eigenvalue weighted by atomic mass is 10.1. The number of hydrogen-bond donors (Lipinski definition) is 1. The Kier molecular flexibility index (Phi) is 3.01. The molecule has 0 fully saturated rings. The van der Waals surface area contributed by atoms with Gasteiger partial charge < -0.3 is 5.11 Å². The summed E-state index contributed by atoms with van der Waals surface area (Å²) in [6.45, 7) is 1.45. The Hall–Kier alpha value is -2.01. The molecule has 0 bridgehead atoms. The molecule has 0 spiro atoms. The summed E-state index contributed by atoms with van der Waals surface area (Å²) in [5.74, 6) is -0.615. The fraction of sp³-hybridized carbons (Fsp3) is 0.250. The van der Waals surface area contributed by atoms with E-state index in [1.165, 1.54) is 0 Å². The van der Waals surface area contributed by atoms with E-state index in [0.29, 0.717) is 16.8 Å². The molecular weight excluding hydrogens is 220 g/mol. The normalized spacial score (nSPS) is 15.4. The van der Waals surface area contributed by atoms with Gasteiger partial charge >= 0.3 is 0 Å². The maximum Gasteiger partial charge on any atom is 0.261 e. The number of aliphatic hydroxyl groups excluding tert-OH is 1. The van der Waals surface area contributed by atoms with E-state index in [2.05, 4.69) is 4.99 Å². The van der Waals surface area contributed by atoms with E-state index in [4.69, 9.17) is 5.11 Å². The van der Waals surface area contributed by atoms with Crippen LogP contribution in [-0.4, -0.2) is 40.8 Å². The Balaban J connectivity index is 2.28. The van der Waals surface area contributed by atoms with Crippen LogP contribution in [0.25, 0.3) is 0 Å². The lowest BCUT2D eigenvalue weighted by Gasteiger charge is -2.12. The van der Waals surface area contributed by atoms with Gasteiger partial charge in [-0.15, -0.1) is 0 Å². The topological polar surface area (TPSA) is 70.0 Å². The highest BCUT2D eigenvalue weighted by atomic mass is 16.3. The number of carbonyl (C=O) groups is 2. The van der Waals surface area contributed by atoms with Gasteiger partial charge in [0.05, 0.1) is 17.7 Å².